The fraction of sp³-hybridized carbons (Fsp3) is 0.684. The van der Waals surface area contributed by atoms with Crippen LogP contribution in [0.15, 0.2) is 24.3 Å². The van der Waals surface area contributed by atoms with Gasteiger partial charge in [0.1, 0.15) is 0 Å². The summed E-state index contributed by atoms with van der Waals surface area (Å²) < 4.78 is 38.8. The average molecular weight is 327 g/mol. The third kappa shape index (κ3) is 4.28. The monoisotopic (exact) mass is 327 g/mol. The third-order valence-electron chi connectivity index (χ3n) is 5.64. The fourth-order valence-corrected chi connectivity index (χ4v) is 3.86. The van der Waals surface area contributed by atoms with E-state index in [1.165, 1.54) is 12.1 Å². The van der Waals surface area contributed by atoms with Gasteiger partial charge in [0, 0.05) is 5.54 Å². The summed E-state index contributed by atoms with van der Waals surface area (Å²) in [6.07, 6.45) is 0.854. The van der Waals surface area contributed by atoms with E-state index in [4.69, 9.17) is 0 Å². The lowest BCUT2D eigenvalue weighted by atomic mass is 9.70. The lowest BCUT2D eigenvalue weighted by molar-refractivity contribution is -0.137. The van der Waals surface area contributed by atoms with Crippen molar-refractivity contribution in [2.75, 3.05) is 14.1 Å². The Balaban J connectivity index is 2.18. The number of hydrogen-bond acceptors (Lipinski definition) is 1. The van der Waals surface area contributed by atoms with Gasteiger partial charge < -0.3 is 4.90 Å². The van der Waals surface area contributed by atoms with Gasteiger partial charge in [-0.05, 0) is 69.7 Å². The zero-order chi connectivity index (χ0) is 17.3. The van der Waals surface area contributed by atoms with Gasteiger partial charge in [-0.15, -0.1) is 0 Å². The molecule has 0 saturated heterocycles. The Morgan fingerprint density at radius 3 is 2.26 bits per heavy atom. The number of hydrogen-bond donors (Lipinski definition) is 0. The van der Waals surface area contributed by atoms with Crippen molar-refractivity contribution in [3.63, 3.8) is 0 Å². The van der Waals surface area contributed by atoms with Gasteiger partial charge in [-0.25, -0.2) is 0 Å². The van der Waals surface area contributed by atoms with Crippen LogP contribution >= 0.6 is 0 Å². The molecular formula is C19H28F3N. The first-order chi connectivity index (χ1) is 10.6. The molecular weight excluding hydrogens is 299 g/mol. The average Bonchev–Trinajstić information content (AvgIpc) is 2.47. The molecule has 0 amide bonds. The lowest BCUT2D eigenvalue weighted by Gasteiger charge is -2.46. The van der Waals surface area contributed by atoms with E-state index in [-0.39, 0.29) is 5.54 Å². The molecule has 4 heteroatoms. The standard InChI is InChI=1S/C19H28F3N/c1-14(2)16-8-10-18(11-9-16,23(3)4)13-15-6-5-7-17(12-15)19(20,21)22/h5-7,12,14,16H,8-11,13H2,1-4H3. The van der Waals surface area contributed by atoms with Crippen LogP contribution in [0.2, 0.25) is 0 Å². The van der Waals surface area contributed by atoms with Gasteiger partial charge in [0.15, 0.2) is 0 Å². The molecule has 0 aromatic heterocycles. The maximum absolute atomic E-state index is 12.9. The zero-order valence-corrected chi connectivity index (χ0v) is 14.6. The maximum atomic E-state index is 12.9. The van der Waals surface area contributed by atoms with Gasteiger partial charge in [-0.2, -0.15) is 13.2 Å². The minimum Gasteiger partial charge on any atom is -0.303 e. The molecule has 0 heterocycles. The van der Waals surface area contributed by atoms with E-state index < -0.39 is 11.7 Å². The molecule has 23 heavy (non-hydrogen) atoms. The molecule has 1 fully saturated rings. The highest BCUT2D eigenvalue weighted by Crippen LogP contribution is 2.41. The van der Waals surface area contributed by atoms with E-state index in [2.05, 4.69) is 32.8 Å². The van der Waals surface area contributed by atoms with E-state index >= 15 is 0 Å². The quantitative estimate of drug-likeness (QED) is 0.716. The Kier molecular flexibility index (Phi) is 5.44. The van der Waals surface area contributed by atoms with Gasteiger partial charge in [-0.1, -0.05) is 32.0 Å². The molecule has 130 valence electrons. The van der Waals surface area contributed by atoms with E-state index in [1.54, 1.807) is 0 Å². The highest BCUT2D eigenvalue weighted by Gasteiger charge is 2.38. The Morgan fingerprint density at radius 1 is 1.17 bits per heavy atom. The van der Waals surface area contributed by atoms with Crippen molar-refractivity contribution in [1.82, 2.24) is 4.90 Å². The molecule has 1 saturated carbocycles. The molecule has 1 aromatic rings. The van der Waals surface area contributed by atoms with Crippen LogP contribution in [0.4, 0.5) is 13.2 Å². The summed E-state index contributed by atoms with van der Waals surface area (Å²) in [5.41, 5.74) is 0.228. The summed E-state index contributed by atoms with van der Waals surface area (Å²) in [6, 6.07) is 5.83. The van der Waals surface area contributed by atoms with Gasteiger partial charge >= 0.3 is 6.18 Å². The molecule has 1 aliphatic carbocycles. The molecule has 0 aliphatic heterocycles. The van der Waals surface area contributed by atoms with E-state index in [1.807, 2.05) is 6.07 Å². The Labute approximate surface area is 137 Å². The van der Waals surface area contributed by atoms with Crippen LogP contribution in [0.3, 0.4) is 0 Å². The summed E-state index contributed by atoms with van der Waals surface area (Å²) in [7, 11) is 4.12. The number of halogens is 3. The van der Waals surface area contributed by atoms with E-state index in [9.17, 15) is 13.2 Å². The van der Waals surface area contributed by atoms with Crippen LogP contribution in [0.25, 0.3) is 0 Å². The molecule has 0 N–H and O–H groups in total. The van der Waals surface area contributed by atoms with Crippen molar-refractivity contribution in [3.05, 3.63) is 35.4 Å². The first-order valence-corrected chi connectivity index (χ1v) is 8.48. The second kappa shape index (κ2) is 6.84. The number of benzene rings is 1. The van der Waals surface area contributed by atoms with Crippen molar-refractivity contribution in [1.29, 1.82) is 0 Å². The zero-order valence-electron chi connectivity index (χ0n) is 14.6. The summed E-state index contributed by atoms with van der Waals surface area (Å²) in [5.74, 6) is 1.42. The van der Waals surface area contributed by atoms with Gasteiger partial charge in [0.05, 0.1) is 5.56 Å². The Bertz CT molecular complexity index is 512. The van der Waals surface area contributed by atoms with Gasteiger partial charge in [0.25, 0.3) is 0 Å². The minimum absolute atomic E-state index is 0.0182. The molecule has 1 aliphatic rings. The second-order valence-corrected chi connectivity index (χ2v) is 7.58. The molecule has 1 aromatic carbocycles. The molecule has 0 radical (unpaired) electrons. The highest BCUT2D eigenvalue weighted by molar-refractivity contribution is 5.27. The van der Waals surface area contributed by atoms with Crippen LogP contribution in [0.1, 0.15) is 50.7 Å². The number of likely N-dealkylation sites (N-methyl/N-ethyl adjacent to an activating group) is 1. The van der Waals surface area contributed by atoms with Crippen molar-refractivity contribution >= 4 is 0 Å². The fourth-order valence-electron chi connectivity index (χ4n) is 3.86. The van der Waals surface area contributed by atoms with Gasteiger partial charge in [0.2, 0.25) is 0 Å². The normalized spacial score (nSPS) is 26.0. The first-order valence-electron chi connectivity index (χ1n) is 8.48. The summed E-state index contributed by atoms with van der Waals surface area (Å²) >= 11 is 0. The summed E-state index contributed by atoms with van der Waals surface area (Å²) in [5, 5.41) is 0. The highest BCUT2D eigenvalue weighted by atomic mass is 19.4. The summed E-state index contributed by atoms with van der Waals surface area (Å²) in [4.78, 5) is 2.23. The molecule has 0 bridgehead atoms. The Hall–Kier alpha value is -1.03. The smallest absolute Gasteiger partial charge is 0.303 e. The molecule has 0 spiro atoms. The van der Waals surface area contributed by atoms with E-state index in [0.717, 1.165) is 43.2 Å². The predicted octanol–water partition coefficient (Wildman–Crippen LogP) is 5.39. The second-order valence-electron chi connectivity index (χ2n) is 7.58. The number of alkyl halides is 3. The van der Waals surface area contributed by atoms with Crippen molar-refractivity contribution in [2.24, 2.45) is 11.8 Å². The molecule has 0 atom stereocenters. The van der Waals surface area contributed by atoms with Crippen molar-refractivity contribution in [3.8, 4) is 0 Å². The van der Waals surface area contributed by atoms with Crippen LogP contribution in [-0.2, 0) is 12.6 Å². The topological polar surface area (TPSA) is 3.24 Å². The largest absolute Gasteiger partial charge is 0.416 e. The molecule has 2 rings (SSSR count). The van der Waals surface area contributed by atoms with Crippen LogP contribution in [0, 0.1) is 11.8 Å². The van der Waals surface area contributed by atoms with Crippen LogP contribution < -0.4 is 0 Å². The van der Waals surface area contributed by atoms with Gasteiger partial charge in [-0.3, -0.25) is 0 Å². The third-order valence-corrected chi connectivity index (χ3v) is 5.64. The number of nitrogens with zero attached hydrogens (tertiary/aromatic N) is 1. The minimum atomic E-state index is -4.27. The maximum Gasteiger partial charge on any atom is 0.416 e. The molecule has 1 nitrogen and oxygen atoms in total. The van der Waals surface area contributed by atoms with Crippen molar-refractivity contribution in [2.45, 2.75) is 57.7 Å². The SMILES string of the molecule is CC(C)C1CCC(Cc2cccc(C(F)(F)F)c2)(N(C)C)CC1. The lowest BCUT2D eigenvalue weighted by Crippen LogP contribution is -2.49. The first kappa shape index (κ1) is 18.3. The van der Waals surface area contributed by atoms with Crippen LogP contribution in [-0.4, -0.2) is 24.5 Å². The number of rotatable bonds is 4. The molecule has 0 unspecified atom stereocenters. The Morgan fingerprint density at radius 2 is 1.78 bits per heavy atom. The summed E-state index contributed by atoms with van der Waals surface area (Å²) in [6.45, 7) is 4.53. The van der Waals surface area contributed by atoms with Crippen molar-refractivity contribution < 1.29 is 13.2 Å². The van der Waals surface area contributed by atoms with Crippen LogP contribution in [0.5, 0.6) is 0 Å². The predicted molar refractivity (Wildman–Crippen MR) is 88.4 cm³/mol. The van der Waals surface area contributed by atoms with E-state index in [0.29, 0.717) is 12.3 Å².